The number of methoxy groups -OCH3 is 1. The van der Waals surface area contributed by atoms with E-state index >= 15 is 0 Å². The average molecular weight is 468 g/mol. The highest BCUT2D eigenvalue weighted by Crippen LogP contribution is 2.29. The van der Waals surface area contributed by atoms with Crippen molar-refractivity contribution in [2.75, 3.05) is 19.0 Å². The molecule has 0 unspecified atom stereocenters. The van der Waals surface area contributed by atoms with E-state index in [-0.39, 0.29) is 16.7 Å². The molecular weight excluding hydrogens is 445 g/mol. The number of hydrogen-bond donors (Lipinski definition) is 2. The van der Waals surface area contributed by atoms with Gasteiger partial charge in [0.25, 0.3) is 0 Å². The summed E-state index contributed by atoms with van der Waals surface area (Å²) in [5, 5.41) is 7.22. The number of esters is 1. The Hall–Kier alpha value is -3.98. The Morgan fingerprint density at radius 2 is 1.79 bits per heavy atom. The van der Waals surface area contributed by atoms with Crippen LogP contribution in [0, 0.1) is 5.82 Å². The molecule has 3 aromatic carbocycles. The number of rotatable bonds is 8. The summed E-state index contributed by atoms with van der Waals surface area (Å²) in [6.45, 7) is 2.22. The molecular formula is C24H22FN3O4S. The van der Waals surface area contributed by atoms with Crippen LogP contribution >= 0.6 is 12.2 Å². The molecule has 0 aliphatic rings. The van der Waals surface area contributed by atoms with Crippen molar-refractivity contribution in [2.45, 2.75) is 6.92 Å². The van der Waals surface area contributed by atoms with Crippen molar-refractivity contribution in [3.8, 4) is 17.2 Å². The van der Waals surface area contributed by atoms with Crippen molar-refractivity contribution in [2.24, 2.45) is 5.10 Å². The van der Waals surface area contributed by atoms with Gasteiger partial charge in [-0.3, -0.25) is 5.43 Å². The zero-order valence-corrected chi connectivity index (χ0v) is 18.8. The number of ether oxygens (including phenoxy) is 3. The van der Waals surface area contributed by atoms with Crippen molar-refractivity contribution >= 4 is 35.2 Å². The Bertz CT molecular complexity index is 1140. The minimum atomic E-state index is -0.515. The van der Waals surface area contributed by atoms with E-state index in [1.807, 2.05) is 6.92 Å². The third-order valence-corrected chi connectivity index (χ3v) is 4.47. The summed E-state index contributed by atoms with van der Waals surface area (Å²) < 4.78 is 29.2. The summed E-state index contributed by atoms with van der Waals surface area (Å²) in [5.74, 6) is 0.484. The first-order valence-corrected chi connectivity index (χ1v) is 10.4. The third kappa shape index (κ3) is 7.01. The van der Waals surface area contributed by atoms with Crippen LogP contribution in [0.15, 0.2) is 71.8 Å². The normalized spacial score (nSPS) is 10.5. The van der Waals surface area contributed by atoms with Crippen LogP contribution in [-0.2, 0) is 0 Å². The van der Waals surface area contributed by atoms with Crippen LogP contribution in [-0.4, -0.2) is 31.0 Å². The summed E-state index contributed by atoms with van der Waals surface area (Å²) in [7, 11) is 1.55. The van der Waals surface area contributed by atoms with Crippen molar-refractivity contribution < 1.29 is 23.4 Å². The minimum Gasteiger partial charge on any atom is -0.497 e. The second-order valence-electron chi connectivity index (χ2n) is 6.59. The lowest BCUT2D eigenvalue weighted by molar-refractivity contribution is 0.0728. The number of anilines is 1. The van der Waals surface area contributed by atoms with Crippen LogP contribution in [0.1, 0.15) is 22.8 Å². The fourth-order valence-electron chi connectivity index (χ4n) is 2.70. The van der Waals surface area contributed by atoms with Gasteiger partial charge in [0.1, 0.15) is 11.6 Å². The van der Waals surface area contributed by atoms with E-state index in [9.17, 15) is 9.18 Å². The van der Waals surface area contributed by atoms with Crippen molar-refractivity contribution in [1.29, 1.82) is 0 Å². The molecule has 0 radical (unpaired) electrons. The summed E-state index contributed by atoms with van der Waals surface area (Å²) in [5.41, 5.74) is 4.39. The quantitative estimate of drug-likeness (QED) is 0.162. The number of thiocarbonyl (C=S) groups is 1. The molecule has 33 heavy (non-hydrogen) atoms. The molecule has 3 rings (SSSR count). The van der Waals surface area contributed by atoms with Gasteiger partial charge in [0, 0.05) is 5.69 Å². The minimum absolute atomic E-state index is 0.243. The van der Waals surface area contributed by atoms with Crippen molar-refractivity contribution in [3.63, 3.8) is 0 Å². The molecule has 0 bridgehead atoms. The van der Waals surface area contributed by atoms with Crippen LogP contribution in [0.3, 0.4) is 0 Å². The molecule has 0 spiro atoms. The number of nitrogens with zero attached hydrogens (tertiary/aromatic N) is 1. The summed E-state index contributed by atoms with van der Waals surface area (Å²) in [6.07, 6.45) is 1.54. The number of carbonyl (C=O) groups excluding carboxylic acids is 1. The lowest BCUT2D eigenvalue weighted by Gasteiger charge is -2.11. The first-order chi connectivity index (χ1) is 16.0. The Balaban J connectivity index is 1.63. The smallest absolute Gasteiger partial charge is 0.343 e. The van der Waals surface area contributed by atoms with E-state index < -0.39 is 5.97 Å². The standard InChI is InChI=1S/C24H22FN3O4S/c1-3-31-22-14-16(15-26-28-24(33)27-19-9-7-18(25)8-10-19)4-13-21(22)32-23(29)17-5-11-20(30-2)12-6-17/h4-15H,3H2,1-2H3,(H2,27,28,33)/b26-15-. The Kier molecular flexibility index (Phi) is 8.31. The van der Waals surface area contributed by atoms with Gasteiger partial charge < -0.3 is 19.5 Å². The third-order valence-electron chi connectivity index (χ3n) is 4.28. The van der Waals surface area contributed by atoms with Gasteiger partial charge in [-0.25, -0.2) is 9.18 Å². The highest BCUT2D eigenvalue weighted by molar-refractivity contribution is 7.80. The largest absolute Gasteiger partial charge is 0.497 e. The number of nitrogens with one attached hydrogen (secondary N) is 2. The molecule has 0 atom stereocenters. The van der Waals surface area contributed by atoms with Gasteiger partial charge in [0.15, 0.2) is 16.6 Å². The average Bonchev–Trinajstić information content (AvgIpc) is 2.82. The SMILES string of the molecule is CCOc1cc(/C=N\NC(=S)Nc2ccc(F)cc2)ccc1OC(=O)c1ccc(OC)cc1. The van der Waals surface area contributed by atoms with Crippen molar-refractivity contribution in [3.05, 3.63) is 83.7 Å². The highest BCUT2D eigenvalue weighted by atomic mass is 32.1. The molecule has 0 aliphatic carbocycles. The number of hydrazone groups is 1. The van der Waals surface area contributed by atoms with Gasteiger partial charge >= 0.3 is 5.97 Å². The molecule has 2 N–H and O–H groups in total. The van der Waals surface area contributed by atoms with E-state index in [0.29, 0.717) is 34.9 Å². The Morgan fingerprint density at radius 3 is 2.45 bits per heavy atom. The van der Waals surface area contributed by atoms with Crippen LogP contribution in [0.25, 0.3) is 0 Å². The van der Waals surface area contributed by atoms with Crippen LogP contribution in [0.5, 0.6) is 17.2 Å². The molecule has 3 aromatic rings. The molecule has 9 heteroatoms. The zero-order valence-electron chi connectivity index (χ0n) is 18.0. The number of halogens is 1. The van der Waals surface area contributed by atoms with Gasteiger partial charge in [0.2, 0.25) is 0 Å². The maximum atomic E-state index is 13.0. The zero-order chi connectivity index (χ0) is 23.6. The van der Waals surface area contributed by atoms with Crippen molar-refractivity contribution in [1.82, 2.24) is 5.43 Å². The summed E-state index contributed by atoms with van der Waals surface area (Å²) >= 11 is 5.16. The van der Waals surface area contributed by atoms with E-state index in [4.69, 9.17) is 26.4 Å². The van der Waals surface area contributed by atoms with Gasteiger partial charge in [-0.15, -0.1) is 0 Å². The van der Waals surface area contributed by atoms with E-state index in [1.54, 1.807) is 61.7 Å². The van der Waals surface area contributed by atoms with Crippen LogP contribution < -0.4 is 25.0 Å². The topological polar surface area (TPSA) is 81.2 Å². The molecule has 0 amide bonds. The monoisotopic (exact) mass is 467 g/mol. The van der Waals surface area contributed by atoms with Gasteiger partial charge in [-0.2, -0.15) is 5.10 Å². The molecule has 0 aromatic heterocycles. The molecule has 7 nitrogen and oxygen atoms in total. The number of carbonyl (C=O) groups is 1. The highest BCUT2D eigenvalue weighted by Gasteiger charge is 2.13. The molecule has 0 saturated heterocycles. The lowest BCUT2D eigenvalue weighted by Crippen LogP contribution is -2.23. The van der Waals surface area contributed by atoms with E-state index in [2.05, 4.69) is 15.8 Å². The summed E-state index contributed by atoms with van der Waals surface area (Å²) in [6, 6.07) is 17.4. The molecule has 170 valence electrons. The van der Waals surface area contributed by atoms with Crippen LogP contribution in [0.4, 0.5) is 10.1 Å². The maximum Gasteiger partial charge on any atom is 0.343 e. The van der Waals surface area contributed by atoms with E-state index in [1.165, 1.54) is 18.3 Å². The first kappa shape index (κ1) is 23.7. The Labute approximate surface area is 196 Å². The second-order valence-corrected chi connectivity index (χ2v) is 7.00. The fraction of sp³-hybridized carbons (Fsp3) is 0.125. The fourth-order valence-corrected chi connectivity index (χ4v) is 2.87. The number of benzene rings is 3. The second kappa shape index (κ2) is 11.6. The first-order valence-electron chi connectivity index (χ1n) is 9.97. The predicted molar refractivity (Wildman–Crippen MR) is 129 cm³/mol. The molecule has 0 heterocycles. The maximum absolute atomic E-state index is 13.0. The van der Waals surface area contributed by atoms with Gasteiger partial charge in [0.05, 0.1) is 25.5 Å². The lowest BCUT2D eigenvalue weighted by atomic mass is 10.2. The molecule has 0 saturated carbocycles. The van der Waals surface area contributed by atoms with Gasteiger partial charge in [-0.05, 0) is 91.4 Å². The summed E-state index contributed by atoms with van der Waals surface area (Å²) in [4.78, 5) is 12.5. The molecule has 0 fully saturated rings. The van der Waals surface area contributed by atoms with Gasteiger partial charge in [-0.1, -0.05) is 0 Å². The van der Waals surface area contributed by atoms with Crippen LogP contribution in [0.2, 0.25) is 0 Å². The van der Waals surface area contributed by atoms with E-state index in [0.717, 1.165) is 0 Å². The Morgan fingerprint density at radius 1 is 1.06 bits per heavy atom. The molecule has 0 aliphatic heterocycles. The number of hydrogen-bond acceptors (Lipinski definition) is 6. The predicted octanol–water partition coefficient (Wildman–Crippen LogP) is 4.77.